The van der Waals surface area contributed by atoms with Crippen LogP contribution in [0.3, 0.4) is 0 Å². The van der Waals surface area contributed by atoms with E-state index in [1.165, 1.54) is 11.8 Å². The van der Waals surface area contributed by atoms with Gasteiger partial charge in [-0.15, -0.1) is 0 Å². The Morgan fingerprint density at radius 1 is 1.04 bits per heavy atom. The van der Waals surface area contributed by atoms with E-state index in [1.807, 2.05) is 81.4 Å². The fraction of sp³-hybridized carbons (Fsp3) is 0.348. The van der Waals surface area contributed by atoms with Crippen molar-refractivity contribution in [3.8, 4) is 0 Å². The van der Waals surface area contributed by atoms with E-state index < -0.39 is 17.1 Å². The minimum absolute atomic E-state index is 0.0424. The zero-order valence-electron chi connectivity index (χ0n) is 16.5. The van der Waals surface area contributed by atoms with Gasteiger partial charge in [0.1, 0.15) is 11.1 Å². The number of hydrogen-bond acceptors (Lipinski definition) is 5. The lowest BCUT2D eigenvalue weighted by molar-refractivity contribution is -0.157. The van der Waals surface area contributed by atoms with Crippen molar-refractivity contribution in [1.29, 1.82) is 0 Å². The molecule has 0 bridgehead atoms. The van der Waals surface area contributed by atoms with Crippen LogP contribution >= 0.6 is 11.8 Å². The molecule has 1 saturated heterocycles. The van der Waals surface area contributed by atoms with Crippen LogP contribution in [-0.2, 0) is 14.3 Å². The summed E-state index contributed by atoms with van der Waals surface area (Å²) in [6, 6.07) is 19.6. The van der Waals surface area contributed by atoms with Crippen molar-refractivity contribution in [2.24, 2.45) is 4.99 Å². The Bertz CT molecular complexity index is 830. The first kappa shape index (κ1) is 20.3. The number of aliphatic imine (C=N–C) groups is 1. The highest BCUT2D eigenvalue weighted by Gasteiger charge is 2.46. The Morgan fingerprint density at radius 3 is 2.00 bits per heavy atom. The second kappa shape index (κ2) is 8.31. The van der Waals surface area contributed by atoms with Crippen molar-refractivity contribution in [3.05, 3.63) is 71.8 Å². The van der Waals surface area contributed by atoms with Gasteiger partial charge in [-0.1, -0.05) is 72.4 Å². The predicted molar refractivity (Wildman–Crippen MR) is 114 cm³/mol. The molecule has 0 aromatic heterocycles. The molecular formula is C23H25NO3S. The Labute approximate surface area is 170 Å². The highest BCUT2D eigenvalue weighted by molar-refractivity contribution is 8.14. The van der Waals surface area contributed by atoms with Crippen LogP contribution in [0.25, 0.3) is 0 Å². The van der Waals surface area contributed by atoms with E-state index in [4.69, 9.17) is 9.73 Å². The van der Waals surface area contributed by atoms with E-state index >= 15 is 0 Å². The van der Waals surface area contributed by atoms with Gasteiger partial charge >= 0.3 is 5.97 Å². The van der Waals surface area contributed by atoms with Crippen LogP contribution < -0.4 is 0 Å². The van der Waals surface area contributed by atoms with Crippen LogP contribution in [0.1, 0.15) is 44.7 Å². The number of rotatable bonds is 5. The summed E-state index contributed by atoms with van der Waals surface area (Å²) in [5.41, 5.74) is 0.872. The molecule has 0 amide bonds. The Morgan fingerprint density at radius 2 is 1.57 bits per heavy atom. The van der Waals surface area contributed by atoms with E-state index in [0.717, 1.165) is 16.8 Å². The fourth-order valence-corrected chi connectivity index (χ4v) is 4.28. The molecule has 3 rings (SSSR count). The summed E-state index contributed by atoms with van der Waals surface area (Å²) >= 11 is 1.24. The summed E-state index contributed by atoms with van der Waals surface area (Å²) in [5.74, 6) is 0.259. The molecule has 0 radical (unpaired) electrons. The van der Waals surface area contributed by atoms with Crippen molar-refractivity contribution in [2.45, 2.75) is 44.8 Å². The lowest BCUT2D eigenvalue weighted by atomic mass is 9.92. The highest BCUT2D eigenvalue weighted by atomic mass is 32.2. The quantitative estimate of drug-likeness (QED) is 0.546. The maximum Gasteiger partial charge on any atom is 0.309 e. The zero-order valence-corrected chi connectivity index (χ0v) is 17.3. The molecule has 1 atom stereocenters. The smallest absolute Gasteiger partial charge is 0.309 e. The number of benzene rings is 2. The summed E-state index contributed by atoms with van der Waals surface area (Å²) in [6.07, 6.45) is 0.484. The van der Waals surface area contributed by atoms with E-state index in [-0.39, 0.29) is 11.5 Å². The number of thioether (sulfide) groups is 1. The third-order valence-corrected chi connectivity index (χ3v) is 5.46. The monoisotopic (exact) mass is 395 g/mol. The molecule has 28 heavy (non-hydrogen) atoms. The van der Waals surface area contributed by atoms with Crippen molar-refractivity contribution >= 4 is 28.6 Å². The van der Waals surface area contributed by atoms with Crippen LogP contribution in [0, 0.1) is 0 Å². The molecule has 1 aliphatic rings. The first-order valence-corrected chi connectivity index (χ1v) is 10.4. The van der Waals surface area contributed by atoms with E-state index in [1.54, 1.807) is 0 Å². The Kier molecular flexibility index (Phi) is 6.04. The number of nitrogens with zero attached hydrogens (tertiary/aromatic N) is 1. The molecule has 2 aromatic carbocycles. The molecule has 146 valence electrons. The van der Waals surface area contributed by atoms with Crippen molar-refractivity contribution in [1.82, 2.24) is 0 Å². The minimum Gasteiger partial charge on any atom is -0.460 e. The van der Waals surface area contributed by atoms with Gasteiger partial charge in [-0.25, -0.2) is 0 Å². The van der Waals surface area contributed by atoms with Gasteiger partial charge in [-0.3, -0.25) is 14.6 Å². The number of carbonyl (C=O) groups is 2. The molecular weight excluding hydrogens is 370 g/mol. The van der Waals surface area contributed by atoms with Crippen LogP contribution in [0.4, 0.5) is 0 Å². The third kappa shape index (κ3) is 4.90. The molecule has 1 fully saturated rings. The molecule has 1 unspecified atom stereocenters. The SMILES string of the molecule is CC(C)(C)OC(=O)CC1(N=C(c2ccccc2)c2ccccc2)CCSC1=O. The molecule has 0 N–H and O–H groups in total. The average Bonchev–Trinajstić information content (AvgIpc) is 2.99. The predicted octanol–water partition coefficient (Wildman–Crippen LogP) is 4.66. The van der Waals surface area contributed by atoms with Crippen molar-refractivity contribution in [3.63, 3.8) is 0 Å². The molecule has 2 aromatic rings. The fourth-order valence-electron chi connectivity index (χ4n) is 3.17. The Balaban J connectivity index is 2.06. The van der Waals surface area contributed by atoms with Gasteiger partial charge in [0.25, 0.3) is 0 Å². The van der Waals surface area contributed by atoms with E-state index in [2.05, 4.69) is 0 Å². The third-order valence-electron chi connectivity index (χ3n) is 4.41. The topological polar surface area (TPSA) is 55.7 Å². The van der Waals surface area contributed by atoms with Crippen LogP contribution in [-0.4, -0.2) is 33.7 Å². The van der Waals surface area contributed by atoms with Gasteiger partial charge in [0.2, 0.25) is 5.12 Å². The van der Waals surface area contributed by atoms with Gasteiger partial charge < -0.3 is 4.74 Å². The normalized spacial score (nSPS) is 19.3. The zero-order chi connectivity index (χ0) is 20.2. The molecule has 1 aliphatic heterocycles. The molecule has 4 nitrogen and oxygen atoms in total. The molecule has 0 spiro atoms. The maximum absolute atomic E-state index is 12.8. The molecule has 0 saturated carbocycles. The van der Waals surface area contributed by atoms with Crippen LogP contribution in [0.15, 0.2) is 65.7 Å². The highest BCUT2D eigenvalue weighted by Crippen LogP contribution is 2.38. The van der Waals surface area contributed by atoms with Gasteiger partial charge in [0.05, 0.1) is 12.1 Å². The molecule has 5 heteroatoms. The minimum atomic E-state index is -1.09. The standard InChI is InChI=1S/C23H25NO3S/c1-22(2,3)27-19(25)16-23(14-15-28-21(23)26)24-20(17-10-6-4-7-11-17)18-12-8-5-9-13-18/h4-13H,14-16H2,1-3H3. The Hall–Kier alpha value is -2.40. The van der Waals surface area contributed by atoms with Gasteiger partial charge in [-0.2, -0.15) is 0 Å². The van der Waals surface area contributed by atoms with E-state index in [0.29, 0.717) is 12.2 Å². The second-order valence-corrected chi connectivity index (χ2v) is 8.94. The number of ether oxygens (including phenoxy) is 1. The maximum atomic E-state index is 12.8. The summed E-state index contributed by atoms with van der Waals surface area (Å²) in [6.45, 7) is 5.47. The van der Waals surface area contributed by atoms with Gasteiger partial charge in [0, 0.05) is 16.9 Å². The van der Waals surface area contributed by atoms with Crippen LogP contribution in [0.5, 0.6) is 0 Å². The number of hydrogen-bond donors (Lipinski definition) is 0. The summed E-state index contributed by atoms with van der Waals surface area (Å²) in [5, 5.41) is -0.0669. The summed E-state index contributed by atoms with van der Waals surface area (Å²) in [4.78, 5) is 30.4. The second-order valence-electron chi connectivity index (χ2n) is 7.87. The van der Waals surface area contributed by atoms with Gasteiger partial charge in [-0.05, 0) is 27.2 Å². The van der Waals surface area contributed by atoms with Crippen molar-refractivity contribution < 1.29 is 14.3 Å². The summed E-state index contributed by atoms with van der Waals surface area (Å²) < 4.78 is 5.50. The molecule has 0 aliphatic carbocycles. The first-order valence-electron chi connectivity index (χ1n) is 9.39. The van der Waals surface area contributed by atoms with Crippen LogP contribution in [0.2, 0.25) is 0 Å². The number of carbonyl (C=O) groups excluding carboxylic acids is 2. The van der Waals surface area contributed by atoms with Crippen molar-refractivity contribution in [2.75, 3.05) is 5.75 Å². The lowest BCUT2D eigenvalue weighted by Crippen LogP contribution is -2.37. The summed E-state index contributed by atoms with van der Waals surface area (Å²) in [7, 11) is 0. The largest absolute Gasteiger partial charge is 0.460 e. The van der Waals surface area contributed by atoms with E-state index in [9.17, 15) is 9.59 Å². The first-order chi connectivity index (χ1) is 13.3. The van der Waals surface area contributed by atoms with Gasteiger partial charge in [0.15, 0.2) is 0 Å². The average molecular weight is 396 g/mol. The number of esters is 1. The lowest BCUT2D eigenvalue weighted by Gasteiger charge is -2.26. The molecule has 1 heterocycles.